The van der Waals surface area contributed by atoms with Crippen molar-refractivity contribution in [2.45, 2.75) is 0 Å². The molecule has 2 heterocycles. The zero-order chi connectivity index (χ0) is 18.7. The number of nitrogens with zero attached hydrogens (tertiary/aromatic N) is 4. The maximum atomic E-state index is 14.1. The van der Waals surface area contributed by atoms with Gasteiger partial charge in [-0.3, -0.25) is 4.79 Å². The van der Waals surface area contributed by atoms with Crippen LogP contribution in [0.15, 0.2) is 36.7 Å². The third-order valence-electron chi connectivity index (χ3n) is 3.81. The van der Waals surface area contributed by atoms with E-state index >= 15 is 0 Å². The molecule has 134 valence electrons. The van der Waals surface area contributed by atoms with Gasteiger partial charge in [0.2, 0.25) is 0 Å². The topological polar surface area (TPSA) is 97.0 Å². The molecule has 0 atom stereocenters. The van der Waals surface area contributed by atoms with Gasteiger partial charge in [0.25, 0.3) is 5.91 Å². The maximum absolute atomic E-state index is 14.1. The van der Waals surface area contributed by atoms with Crippen molar-refractivity contribution in [2.24, 2.45) is 0 Å². The first kappa shape index (κ1) is 17.7. The number of aromatic nitrogens is 3. The molecule has 0 radical (unpaired) electrons. The van der Waals surface area contributed by atoms with Crippen molar-refractivity contribution in [1.82, 2.24) is 25.2 Å². The predicted octanol–water partition coefficient (Wildman–Crippen LogP) is 1.70. The number of carbonyl (C=O) groups is 1. The first-order valence-electron chi connectivity index (χ1n) is 8.05. The normalized spacial score (nSPS) is 11.1. The van der Waals surface area contributed by atoms with E-state index in [0.29, 0.717) is 35.4 Å². The Kier molecular flexibility index (Phi) is 5.04. The number of hydrogen-bond donors (Lipinski definition) is 2. The van der Waals surface area contributed by atoms with Crippen LogP contribution in [0.5, 0.6) is 0 Å². The number of fused-ring (bicyclic) bond motifs is 1. The van der Waals surface area contributed by atoms with Crippen molar-refractivity contribution in [1.29, 1.82) is 0 Å². The lowest BCUT2D eigenvalue weighted by Gasteiger charge is -2.11. The Hall–Kier alpha value is -3.13. The van der Waals surface area contributed by atoms with Crippen LogP contribution in [0, 0.1) is 5.82 Å². The van der Waals surface area contributed by atoms with Crippen molar-refractivity contribution in [2.75, 3.05) is 32.9 Å². The van der Waals surface area contributed by atoms with Crippen molar-refractivity contribution in [3.63, 3.8) is 0 Å². The number of nitrogen functional groups attached to an aromatic ring is 1. The zero-order valence-electron chi connectivity index (χ0n) is 14.5. The van der Waals surface area contributed by atoms with Gasteiger partial charge in [-0.2, -0.15) is 0 Å². The van der Waals surface area contributed by atoms with Gasteiger partial charge in [-0.25, -0.2) is 19.3 Å². The summed E-state index contributed by atoms with van der Waals surface area (Å²) < 4.78 is 14.1. The summed E-state index contributed by atoms with van der Waals surface area (Å²) in [7, 11) is 3.82. The van der Waals surface area contributed by atoms with Crippen molar-refractivity contribution in [3.8, 4) is 11.3 Å². The second-order valence-electron chi connectivity index (χ2n) is 6.11. The number of nitrogens with one attached hydrogen (secondary N) is 1. The van der Waals surface area contributed by atoms with Gasteiger partial charge in [-0.1, -0.05) is 0 Å². The highest BCUT2D eigenvalue weighted by Crippen LogP contribution is 2.24. The standard InChI is InChI=1S/C18H19FN6O/c1-25(2)6-5-21-18(26)12-7-11(8-13(19)9-12)14-3-4-15-16(24-14)17(20)23-10-22-15/h3-4,7-10H,5-6H2,1-2H3,(H,21,26)(H2,20,22,23). The van der Waals surface area contributed by atoms with Crippen LogP contribution in [0.2, 0.25) is 0 Å². The number of halogens is 1. The highest BCUT2D eigenvalue weighted by molar-refractivity contribution is 5.95. The highest BCUT2D eigenvalue weighted by Gasteiger charge is 2.12. The molecule has 3 N–H and O–H groups in total. The van der Waals surface area contributed by atoms with Crippen molar-refractivity contribution in [3.05, 3.63) is 48.0 Å². The molecule has 8 heteroatoms. The summed E-state index contributed by atoms with van der Waals surface area (Å²) in [5.41, 5.74) is 8.07. The van der Waals surface area contributed by atoms with Crippen molar-refractivity contribution < 1.29 is 9.18 Å². The van der Waals surface area contributed by atoms with E-state index in [2.05, 4.69) is 20.3 Å². The van der Waals surface area contributed by atoms with Crippen LogP contribution in [-0.2, 0) is 0 Å². The molecule has 3 rings (SSSR count). The first-order valence-corrected chi connectivity index (χ1v) is 8.05. The van der Waals surface area contributed by atoms with Gasteiger partial charge in [-0.15, -0.1) is 0 Å². The molecular formula is C18H19FN6O. The summed E-state index contributed by atoms with van der Waals surface area (Å²) in [4.78, 5) is 26.6. The minimum absolute atomic E-state index is 0.234. The third-order valence-corrected chi connectivity index (χ3v) is 3.81. The molecule has 7 nitrogen and oxygen atoms in total. The second kappa shape index (κ2) is 7.40. The lowest BCUT2D eigenvalue weighted by molar-refractivity contribution is 0.0950. The number of anilines is 1. The molecule has 0 bridgehead atoms. The number of pyridine rings is 1. The molecule has 3 aromatic rings. The quantitative estimate of drug-likeness (QED) is 0.724. The number of amides is 1. The molecule has 0 unspecified atom stereocenters. The number of nitrogens with two attached hydrogens (primary N) is 1. The summed E-state index contributed by atoms with van der Waals surface area (Å²) in [5.74, 6) is -0.606. The van der Waals surface area contributed by atoms with E-state index in [0.717, 1.165) is 0 Å². The number of benzene rings is 1. The fraction of sp³-hybridized carbons (Fsp3) is 0.222. The van der Waals surface area contributed by atoms with E-state index in [9.17, 15) is 9.18 Å². The van der Waals surface area contributed by atoms with Gasteiger partial charge in [0, 0.05) is 24.2 Å². The average Bonchev–Trinajstić information content (AvgIpc) is 2.61. The first-order chi connectivity index (χ1) is 12.4. The van der Waals surface area contributed by atoms with Crippen LogP contribution in [0.25, 0.3) is 22.3 Å². The highest BCUT2D eigenvalue weighted by atomic mass is 19.1. The maximum Gasteiger partial charge on any atom is 0.251 e. The monoisotopic (exact) mass is 354 g/mol. The Morgan fingerprint density at radius 1 is 1.23 bits per heavy atom. The van der Waals surface area contributed by atoms with Crippen LogP contribution in [0.1, 0.15) is 10.4 Å². The molecule has 1 amide bonds. The van der Waals surface area contributed by atoms with Gasteiger partial charge < -0.3 is 16.0 Å². The Labute approximate surface area is 150 Å². The Balaban J connectivity index is 1.92. The number of hydrogen-bond acceptors (Lipinski definition) is 6. The van der Waals surface area contributed by atoms with Gasteiger partial charge >= 0.3 is 0 Å². The number of carbonyl (C=O) groups excluding carboxylic acids is 1. The van der Waals surface area contributed by atoms with Crippen LogP contribution in [0.3, 0.4) is 0 Å². The van der Waals surface area contributed by atoms with E-state index in [1.165, 1.54) is 18.5 Å². The van der Waals surface area contributed by atoms with E-state index in [1.54, 1.807) is 18.2 Å². The SMILES string of the molecule is CN(C)CCNC(=O)c1cc(F)cc(-c2ccc3ncnc(N)c3n2)c1. The smallest absolute Gasteiger partial charge is 0.251 e. The minimum atomic E-state index is -0.514. The average molecular weight is 354 g/mol. The zero-order valence-corrected chi connectivity index (χ0v) is 14.5. The molecule has 0 saturated heterocycles. The second-order valence-corrected chi connectivity index (χ2v) is 6.11. The van der Waals surface area contributed by atoms with E-state index in [1.807, 2.05) is 19.0 Å². The fourth-order valence-electron chi connectivity index (χ4n) is 2.48. The molecular weight excluding hydrogens is 335 g/mol. The molecule has 0 saturated carbocycles. The molecule has 1 aromatic carbocycles. The summed E-state index contributed by atoms with van der Waals surface area (Å²) in [6.45, 7) is 1.17. The van der Waals surface area contributed by atoms with Crippen LogP contribution in [0.4, 0.5) is 10.2 Å². The summed E-state index contributed by atoms with van der Waals surface area (Å²) >= 11 is 0. The fourth-order valence-corrected chi connectivity index (χ4v) is 2.48. The van der Waals surface area contributed by atoms with E-state index in [4.69, 9.17) is 5.73 Å². The lowest BCUT2D eigenvalue weighted by Crippen LogP contribution is -2.31. The van der Waals surface area contributed by atoms with Gasteiger partial charge in [0.1, 0.15) is 17.7 Å². The van der Waals surface area contributed by atoms with Crippen LogP contribution in [-0.4, -0.2) is 52.9 Å². The lowest BCUT2D eigenvalue weighted by atomic mass is 10.1. The Bertz CT molecular complexity index is 960. The van der Waals surface area contributed by atoms with Crippen molar-refractivity contribution >= 4 is 22.8 Å². The molecule has 0 aliphatic rings. The molecule has 0 aliphatic heterocycles. The van der Waals surface area contributed by atoms with Gasteiger partial charge in [0.05, 0.1) is 11.2 Å². The number of likely N-dealkylation sites (N-methyl/N-ethyl adjacent to an activating group) is 1. The summed E-state index contributed by atoms with van der Waals surface area (Å²) in [5, 5.41) is 2.77. The molecule has 0 spiro atoms. The predicted molar refractivity (Wildman–Crippen MR) is 98.0 cm³/mol. The molecule has 0 aliphatic carbocycles. The third kappa shape index (κ3) is 3.92. The summed E-state index contributed by atoms with van der Waals surface area (Å²) in [6, 6.07) is 7.56. The van der Waals surface area contributed by atoms with Gasteiger partial charge in [0.15, 0.2) is 5.82 Å². The van der Waals surface area contributed by atoms with E-state index < -0.39 is 5.82 Å². The van der Waals surface area contributed by atoms with Crippen LogP contribution < -0.4 is 11.1 Å². The number of rotatable bonds is 5. The van der Waals surface area contributed by atoms with E-state index in [-0.39, 0.29) is 17.3 Å². The molecule has 2 aromatic heterocycles. The summed E-state index contributed by atoms with van der Waals surface area (Å²) in [6.07, 6.45) is 1.36. The largest absolute Gasteiger partial charge is 0.382 e. The van der Waals surface area contributed by atoms with Crippen LogP contribution >= 0.6 is 0 Å². The minimum Gasteiger partial charge on any atom is -0.382 e. The van der Waals surface area contributed by atoms with Gasteiger partial charge in [-0.05, 0) is 44.4 Å². The Morgan fingerprint density at radius 2 is 2.04 bits per heavy atom. The Morgan fingerprint density at radius 3 is 2.81 bits per heavy atom. The molecule has 0 fully saturated rings. The molecule has 26 heavy (non-hydrogen) atoms.